The van der Waals surface area contributed by atoms with Crippen LogP contribution in [0.1, 0.15) is 110 Å². The van der Waals surface area contributed by atoms with Crippen molar-refractivity contribution in [3.8, 4) is 86.3 Å². The van der Waals surface area contributed by atoms with Crippen molar-refractivity contribution in [2.45, 2.75) is 80.1 Å². The van der Waals surface area contributed by atoms with E-state index in [1.165, 1.54) is 50.1 Å². The molecule has 3 N–H and O–H groups in total. The average molecular weight is 2010 g/mol. The minimum absolute atomic E-state index is 0.0398. The SMILES string of the molecule is C=CC(=O)N1CCN(c2c(C#N)c(=O)n(-c3c(C)ccnc3C(C)C)c3nc(-c4c(O)c(Cl)c(Cl)c(F)c4Cl)c(Cl)cc23)CC1.C=CC(=O)N1CCN(c2c(C#N)c(=O)n(-c3c(C)ccnc3C(C)C)c3nc(-c4c(O)c(F)c(F)c(F)c4Cl)c(Cl)cc23)CC1.C=CC(=O)N1CCN(c2c(C#N)c(=O)n(-c3c(C)ccnc3C(C)C)c3nc(-c4c(O)c(F)c(F)c(F)c4Cl)c(Cl)cc23)CC1. The van der Waals surface area contributed by atoms with E-state index in [1.54, 1.807) is 82.1 Å². The van der Waals surface area contributed by atoms with E-state index in [4.69, 9.17) is 97.8 Å². The van der Waals surface area contributed by atoms with Gasteiger partial charge in [-0.25, -0.2) is 36.9 Å². The van der Waals surface area contributed by atoms with Gasteiger partial charge >= 0.3 is 0 Å². The topological polar surface area (TPSA) is 346 Å². The Bertz CT molecular complexity index is 6650. The molecular weight excluding hydrogens is 1930 g/mol. The van der Waals surface area contributed by atoms with E-state index in [2.05, 4.69) is 50.7 Å². The van der Waals surface area contributed by atoms with Crippen molar-refractivity contribution < 1.29 is 60.4 Å². The van der Waals surface area contributed by atoms with Crippen molar-refractivity contribution >= 4 is 161 Å². The first-order valence-electron chi connectivity index (χ1n) is 41.1. The Morgan fingerprint density at radius 2 is 0.630 bits per heavy atom. The highest BCUT2D eigenvalue weighted by Gasteiger charge is 2.39. The van der Waals surface area contributed by atoms with Crippen LogP contribution in [0.15, 0.2) is 107 Å². The molecular formula is C93H75Cl8F7N18O9. The Morgan fingerprint density at radius 1 is 0.378 bits per heavy atom. The van der Waals surface area contributed by atoms with Gasteiger partial charge in [-0.15, -0.1) is 0 Å². The number of pyridine rings is 9. The number of phenols is 3. The first-order chi connectivity index (χ1) is 64.0. The lowest BCUT2D eigenvalue weighted by Gasteiger charge is -2.36. The number of aromatic hydroxyl groups is 3. The summed E-state index contributed by atoms with van der Waals surface area (Å²) < 4.78 is 105. The van der Waals surface area contributed by atoms with Crippen LogP contribution in [0.4, 0.5) is 47.8 Å². The number of nitrogens with zero attached hydrogens (tertiary/aromatic N) is 18. The van der Waals surface area contributed by atoms with Gasteiger partial charge in [0.25, 0.3) is 16.7 Å². The van der Waals surface area contributed by atoms with Crippen molar-refractivity contribution in [3.63, 3.8) is 0 Å². The van der Waals surface area contributed by atoms with Gasteiger partial charge in [0.1, 0.15) is 67.6 Å². The normalized spacial score (nSPS) is 13.4. The van der Waals surface area contributed by atoms with Gasteiger partial charge in [-0.2, -0.15) is 24.6 Å². The van der Waals surface area contributed by atoms with Gasteiger partial charge < -0.3 is 44.7 Å². The Kier molecular flexibility index (Phi) is 29.3. The molecule has 0 atom stereocenters. The third kappa shape index (κ3) is 17.7. The average Bonchev–Trinajstić information content (AvgIpc) is 0.728. The van der Waals surface area contributed by atoms with Crippen LogP contribution >= 0.6 is 92.8 Å². The molecule has 27 nitrogen and oxygen atoms in total. The maximum Gasteiger partial charge on any atom is 0.276 e. The van der Waals surface area contributed by atoms with Gasteiger partial charge in [0.05, 0.1) is 115 Å². The minimum atomic E-state index is -1.99. The lowest BCUT2D eigenvalue weighted by atomic mass is 10.0. The van der Waals surface area contributed by atoms with Gasteiger partial charge in [-0.3, -0.25) is 57.4 Å². The van der Waals surface area contributed by atoms with Gasteiger partial charge in [-0.05, 0) is 110 Å². The van der Waals surface area contributed by atoms with E-state index >= 15 is 4.39 Å². The molecule has 42 heteroatoms. The van der Waals surface area contributed by atoms with Gasteiger partial charge in [0.15, 0.2) is 40.6 Å². The number of carbonyl (C=O) groups is 3. The summed E-state index contributed by atoms with van der Waals surface area (Å²) in [7, 11) is 0. The molecule has 0 radical (unpaired) electrons. The minimum Gasteiger partial charge on any atom is -0.506 e. The number of fused-ring (bicyclic) bond motifs is 3. The number of amides is 3. The fraction of sp³-hybridized carbons (Fsp3) is 0.258. The second kappa shape index (κ2) is 39.8. The molecule has 0 bridgehead atoms. The van der Waals surface area contributed by atoms with Crippen LogP contribution in [-0.2, 0) is 14.4 Å². The van der Waals surface area contributed by atoms with E-state index in [0.29, 0.717) is 82.4 Å². The number of aromatic nitrogens is 9. The highest BCUT2D eigenvalue weighted by Crippen LogP contribution is 2.52. The van der Waals surface area contributed by atoms with Crippen LogP contribution in [0, 0.1) is 95.5 Å². The van der Waals surface area contributed by atoms with E-state index in [9.17, 15) is 86.2 Å². The quantitative estimate of drug-likeness (QED) is 0.0371. The molecule has 3 amide bonds. The van der Waals surface area contributed by atoms with Crippen molar-refractivity contribution in [2.24, 2.45) is 0 Å². The third-order valence-electron chi connectivity index (χ3n) is 23.0. The third-order valence-corrected chi connectivity index (χ3v) is 25.8. The fourth-order valence-electron chi connectivity index (χ4n) is 16.4. The van der Waals surface area contributed by atoms with Crippen LogP contribution in [0.3, 0.4) is 0 Å². The summed E-state index contributed by atoms with van der Waals surface area (Å²) in [6.45, 7) is 30.3. The van der Waals surface area contributed by atoms with Crippen LogP contribution in [0.5, 0.6) is 17.2 Å². The first-order valence-corrected chi connectivity index (χ1v) is 44.1. The first kappa shape index (κ1) is 99.4. The second-order valence-electron chi connectivity index (χ2n) is 32.0. The van der Waals surface area contributed by atoms with Crippen molar-refractivity contribution in [1.82, 2.24) is 58.3 Å². The molecule has 135 heavy (non-hydrogen) atoms. The van der Waals surface area contributed by atoms with Crippen molar-refractivity contribution in [1.29, 1.82) is 15.8 Å². The predicted molar refractivity (Wildman–Crippen MR) is 504 cm³/mol. The number of piperazine rings is 3. The summed E-state index contributed by atoms with van der Waals surface area (Å²) in [6.07, 6.45) is 8.39. The largest absolute Gasteiger partial charge is 0.506 e. The number of anilines is 3. The zero-order chi connectivity index (χ0) is 98.7. The molecule has 696 valence electrons. The molecule has 15 rings (SSSR count). The van der Waals surface area contributed by atoms with E-state index < -0.39 is 122 Å². The van der Waals surface area contributed by atoms with Gasteiger partial charge in [0, 0.05) is 113 Å². The van der Waals surface area contributed by atoms with Gasteiger partial charge in [-0.1, -0.05) is 154 Å². The lowest BCUT2D eigenvalue weighted by molar-refractivity contribution is -0.127. The highest BCUT2D eigenvalue weighted by atomic mass is 35.5. The molecule has 12 aromatic rings. The summed E-state index contributed by atoms with van der Waals surface area (Å²) in [5, 5.41) is 59.6. The number of hydrogen-bond donors (Lipinski definition) is 3. The van der Waals surface area contributed by atoms with E-state index in [1.807, 2.05) is 58.6 Å². The Labute approximate surface area is 804 Å². The molecule has 9 aromatic heterocycles. The Hall–Kier alpha value is -13.1. The van der Waals surface area contributed by atoms with Crippen LogP contribution in [0.25, 0.3) is 83.9 Å². The molecule has 0 unspecified atom stereocenters. The number of hydrogen-bond acceptors (Lipinski definition) is 21. The molecule has 3 aromatic carbocycles. The number of nitriles is 3. The molecule has 0 aliphatic carbocycles. The summed E-state index contributed by atoms with van der Waals surface area (Å²) in [5.74, 6) is -17.1. The molecule has 0 saturated carbocycles. The van der Waals surface area contributed by atoms with Crippen LogP contribution in [-0.4, -0.2) is 170 Å². The Balaban J connectivity index is 0.000000171. The maximum atomic E-state index is 15.0. The zero-order valence-corrected chi connectivity index (χ0v) is 78.8. The number of benzene rings is 3. The van der Waals surface area contributed by atoms with Crippen molar-refractivity contribution in [2.75, 3.05) is 93.2 Å². The fourth-order valence-corrected chi connectivity index (χ4v) is 18.4. The number of carbonyl (C=O) groups excluding carboxylic acids is 3. The van der Waals surface area contributed by atoms with E-state index in [0.717, 1.165) is 0 Å². The number of aryl methyl sites for hydroxylation is 3. The monoisotopic (exact) mass is 2000 g/mol. The van der Waals surface area contributed by atoms with Crippen LogP contribution < -0.4 is 31.4 Å². The standard InChI is InChI=1S/C31H25Cl4FN6O3.2C31H25Cl2F3N6O3/c1-5-19(43)40-8-10-41(11-9-40)28-16-12-18(32)26(20-21(33)24(36)22(34)23(35)29(20)44)39-30(16)42(31(45)17(28)13-37)27-15(4)6-7-38-25(27)14(2)3;2*1-5-19(43)40-8-10-41(11-9-40)28-16-12-18(32)26(20-21(33)22(34)23(35)24(36)29(20)44)39-30(16)42(31(45)17(28)13-37)27-15(4)6-7-38-25(27)14(2)3/h3*5-7,12,14,44H,1,8-11H2,2-4H3. The molecule has 12 heterocycles. The summed E-state index contributed by atoms with van der Waals surface area (Å²) in [6, 6.07) is 15.3. The second-order valence-corrected chi connectivity index (χ2v) is 35.1. The predicted octanol–water partition coefficient (Wildman–Crippen LogP) is 19.1. The smallest absolute Gasteiger partial charge is 0.276 e. The highest BCUT2D eigenvalue weighted by molar-refractivity contribution is 6.46. The Morgan fingerprint density at radius 3 is 0.874 bits per heavy atom. The number of phenolic OH excluding ortho intramolecular Hbond substituents is 3. The number of halogens is 15. The summed E-state index contributed by atoms with van der Waals surface area (Å²) in [4.78, 5) is 117. The number of rotatable bonds is 15. The molecule has 3 fully saturated rings. The maximum absolute atomic E-state index is 15.0. The molecule has 0 spiro atoms. The lowest BCUT2D eigenvalue weighted by Crippen LogP contribution is -2.49. The van der Waals surface area contributed by atoms with Crippen LogP contribution in [0.2, 0.25) is 40.2 Å². The van der Waals surface area contributed by atoms with Gasteiger partial charge in [0.2, 0.25) is 29.4 Å². The molecule has 3 aliphatic heterocycles. The molecule has 3 saturated heterocycles. The summed E-state index contributed by atoms with van der Waals surface area (Å²) >= 11 is 50.5. The zero-order valence-electron chi connectivity index (χ0n) is 72.8. The summed E-state index contributed by atoms with van der Waals surface area (Å²) in [5.41, 5.74) is -0.796. The van der Waals surface area contributed by atoms with Crippen molar-refractivity contribution in [3.05, 3.63) is 255 Å². The molecule has 3 aliphatic rings. The van der Waals surface area contributed by atoms with E-state index in [-0.39, 0.29) is 176 Å².